The maximum absolute atomic E-state index is 12.8. The van der Waals surface area contributed by atoms with Gasteiger partial charge in [0.25, 0.3) is 5.56 Å². The summed E-state index contributed by atoms with van der Waals surface area (Å²) in [6.07, 6.45) is 0. The Hall–Kier alpha value is -2.98. The summed E-state index contributed by atoms with van der Waals surface area (Å²) in [7, 11) is 0. The van der Waals surface area contributed by atoms with Gasteiger partial charge in [0.05, 0.1) is 21.5 Å². The van der Waals surface area contributed by atoms with E-state index in [9.17, 15) is 4.79 Å². The SMILES string of the molecule is CCn1c(SCc2nnc3n(CC)c(=O)c4ccccc4n23)nnc1-c1cccs1. The molecule has 0 amide bonds. The Morgan fingerprint density at radius 2 is 1.80 bits per heavy atom. The quantitative estimate of drug-likeness (QED) is 0.377. The molecule has 5 rings (SSSR count). The molecule has 4 heterocycles. The molecule has 0 N–H and O–H groups in total. The number of hydrogen-bond acceptors (Lipinski definition) is 7. The zero-order valence-corrected chi connectivity index (χ0v) is 18.2. The lowest BCUT2D eigenvalue weighted by Gasteiger charge is -2.09. The van der Waals surface area contributed by atoms with Crippen molar-refractivity contribution >= 4 is 39.8 Å². The van der Waals surface area contributed by atoms with Gasteiger partial charge in [-0.3, -0.25) is 13.8 Å². The average Bonchev–Trinajstić information content (AvgIpc) is 3.51. The fraction of sp³-hybridized carbons (Fsp3) is 0.250. The minimum absolute atomic E-state index is 0.0430. The van der Waals surface area contributed by atoms with E-state index in [0.29, 0.717) is 23.5 Å². The molecule has 0 unspecified atom stereocenters. The van der Waals surface area contributed by atoms with Crippen LogP contribution in [-0.4, -0.2) is 33.9 Å². The zero-order valence-electron chi connectivity index (χ0n) is 16.5. The fourth-order valence-corrected chi connectivity index (χ4v) is 5.22. The van der Waals surface area contributed by atoms with E-state index in [1.165, 1.54) is 0 Å². The van der Waals surface area contributed by atoms with Crippen LogP contribution in [0.15, 0.2) is 51.7 Å². The molecule has 0 aliphatic carbocycles. The fourth-order valence-electron chi connectivity index (χ4n) is 3.59. The van der Waals surface area contributed by atoms with E-state index in [1.54, 1.807) is 27.7 Å². The van der Waals surface area contributed by atoms with Gasteiger partial charge in [-0.05, 0) is 37.4 Å². The molecule has 1 aromatic carbocycles. The largest absolute Gasteiger partial charge is 0.302 e. The lowest BCUT2D eigenvalue weighted by atomic mass is 10.2. The first-order valence-corrected chi connectivity index (χ1v) is 11.5. The second-order valence-electron chi connectivity index (χ2n) is 6.63. The van der Waals surface area contributed by atoms with Crippen molar-refractivity contribution < 1.29 is 0 Å². The third-order valence-corrected chi connectivity index (χ3v) is 6.82. The number of aromatic nitrogens is 7. The molecule has 0 radical (unpaired) electrons. The van der Waals surface area contributed by atoms with Gasteiger partial charge in [-0.2, -0.15) is 0 Å². The number of para-hydroxylation sites is 1. The summed E-state index contributed by atoms with van der Waals surface area (Å²) >= 11 is 3.22. The second-order valence-corrected chi connectivity index (χ2v) is 8.52. The van der Waals surface area contributed by atoms with Gasteiger partial charge in [0.2, 0.25) is 5.78 Å². The van der Waals surface area contributed by atoms with Crippen molar-refractivity contribution in [3.05, 3.63) is 58.0 Å². The summed E-state index contributed by atoms with van der Waals surface area (Å²) in [5.41, 5.74) is 0.776. The van der Waals surface area contributed by atoms with Crippen LogP contribution in [0.5, 0.6) is 0 Å². The molecule has 152 valence electrons. The van der Waals surface area contributed by atoms with E-state index in [4.69, 9.17) is 0 Å². The lowest BCUT2D eigenvalue weighted by molar-refractivity contribution is 0.687. The van der Waals surface area contributed by atoms with Gasteiger partial charge in [0, 0.05) is 13.1 Å². The third-order valence-electron chi connectivity index (χ3n) is 5.00. The average molecular weight is 438 g/mol. The van der Waals surface area contributed by atoms with Crippen molar-refractivity contribution in [3.8, 4) is 10.7 Å². The van der Waals surface area contributed by atoms with Gasteiger partial charge >= 0.3 is 0 Å². The number of hydrogen-bond donors (Lipinski definition) is 0. The molecule has 0 fully saturated rings. The summed E-state index contributed by atoms with van der Waals surface area (Å²) in [5.74, 6) is 2.78. The summed E-state index contributed by atoms with van der Waals surface area (Å²) in [4.78, 5) is 13.9. The van der Waals surface area contributed by atoms with Crippen molar-refractivity contribution in [3.63, 3.8) is 0 Å². The number of benzene rings is 1. The Labute approximate surface area is 180 Å². The summed E-state index contributed by atoms with van der Waals surface area (Å²) in [6, 6.07) is 11.7. The van der Waals surface area contributed by atoms with E-state index in [0.717, 1.165) is 33.7 Å². The van der Waals surface area contributed by atoms with Crippen LogP contribution < -0.4 is 5.56 Å². The minimum atomic E-state index is -0.0430. The molecular formula is C20H19N7OS2. The summed E-state index contributed by atoms with van der Waals surface area (Å²) in [6.45, 7) is 5.34. The van der Waals surface area contributed by atoms with E-state index < -0.39 is 0 Å². The van der Waals surface area contributed by atoms with Crippen LogP contribution in [0.4, 0.5) is 0 Å². The molecule has 0 bridgehead atoms. The van der Waals surface area contributed by atoms with E-state index >= 15 is 0 Å². The van der Waals surface area contributed by atoms with Gasteiger partial charge in [-0.1, -0.05) is 30.0 Å². The van der Waals surface area contributed by atoms with Gasteiger partial charge in [0.1, 0.15) is 5.82 Å². The highest BCUT2D eigenvalue weighted by atomic mass is 32.2. The predicted octanol–water partition coefficient (Wildman–Crippen LogP) is 3.70. The molecule has 10 heteroatoms. The van der Waals surface area contributed by atoms with Crippen LogP contribution in [0.1, 0.15) is 19.7 Å². The summed E-state index contributed by atoms with van der Waals surface area (Å²) < 4.78 is 5.74. The van der Waals surface area contributed by atoms with Crippen molar-refractivity contribution in [2.45, 2.75) is 37.8 Å². The van der Waals surface area contributed by atoms with Gasteiger partial charge in [-0.15, -0.1) is 31.7 Å². The molecule has 30 heavy (non-hydrogen) atoms. The van der Waals surface area contributed by atoms with Gasteiger partial charge < -0.3 is 4.57 Å². The maximum atomic E-state index is 12.8. The van der Waals surface area contributed by atoms with Crippen molar-refractivity contribution in [2.24, 2.45) is 0 Å². The first kappa shape index (κ1) is 19.0. The highest BCUT2D eigenvalue weighted by Gasteiger charge is 2.18. The van der Waals surface area contributed by atoms with Gasteiger partial charge in [0.15, 0.2) is 11.0 Å². The van der Waals surface area contributed by atoms with E-state index in [2.05, 4.69) is 38.0 Å². The predicted molar refractivity (Wildman–Crippen MR) is 119 cm³/mol. The Bertz CT molecular complexity index is 1400. The standard InChI is InChI=1S/C20H19N7OS2/c1-3-25-17(15-10-7-11-29-15)22-24-20(25)30-12-16-21-23-19-26(4-2)18(28)13-8-5-6-9-14(13)27(16)19/h5-11H,3-4,12H2,1-2H3. The molecule has 4 aromatic heterocycles. The van der Waals surface area contributed by atoms with E-state index in [-0.39, 0.29) is 5.56 Å². The molecule has 5 aromatic rings. The molecule has 0 aliphatic rings. The van der Waals surface area contributed by atoms with Gasteiger partial charge in [-0.25, -0.2) is 0 Å². The van der Waals surface area contributed by atoms with Crippen LogP contribution in [0, 0.1) is 0 Å². The molecule has 0 saturated carbocycles. The number of aryl methyl sites for hydroxylation is 1. The summed E-state index contributed by atoms with van der Waals surface area (Å²) in [5, 5.41) is 21.1. The van der Waals surface area contributed by atoms with Crippen molar-refractivity contribution in [1.82, 2.24) is 33.9 Å². The van der Waals surface area contributed by atoms with Crippen LogP contribution in [0.2, 0.25) is 0 Å². The molecule has 0 spiro atoms. The monoisotopic (exact) mass is 437 g/mol. The Morgan fingerprint density at radius 1 is 0.967 bits per heavy atom. The first-order valence-electron chi connectivity index (χ1n) is 9.68. The molecule has 8 nitrogen and oxygen atoms in total. The van der Waals surface area contributed by atoms with Crippen LogP contribution >= 0.6 is 23.1 Å². The van der Waals surface area contributed by atoms with Crippen molar-refractivity contribution in [1.29, 1.82) is 0 Å². The normalized spacial score (nSPS) is 11.7. The maximum Gasteiger partial charge on any atom is 0.262 e. The molecule has 0 aliphatic heterocycles. The molecule has 0 atom stereocenters. The van der Waals surface area contributed by atoms with E-state index in [1.807, 2.05) is 47.0 Å². The Balaban J connectivity index is 1.56. The highest BCUT2D eigenvalue weighted by Crippen LogP contribution is 2.29. The number of thioether (sulfide) groups is 1. The minimum Gasteiger partial charge on any atom is -0.302 e. The number of thiophene rings is 1. The number of rotatable bonds is 6. The van der Waals surface area contributed by atoms with Crippen LogP contribution in [0.25, 0.3) is 27.4 Å². The topological polar surface area (TPSA) is 82.9 Å². The molecule has 0 saturated heterocycles. The molecular weight excluding hydrogens is 418 g/mol. The smallest absolute Gasteiger partial charge is 0.262 e. The number of fused-ring (bicyclic) bond motifs is 3. The third kappa shape index (κ3) is 2.94. The zero-order chi connectivity index (χ0) is 20.7. The first-order chi connectivity index (χ1) is 14.7. The lowest BCUT2D eigenvalue weighted by Crippen LogP contribution is -2.22. The number of nitrogens with zero attached hydrogens (tertiary/aromatic N) is 7. The Kier molecular flexibility index (Phi) is 4.87. The van der Waals surface area contributed by atoms with Crippen LogP contribution in [0.3, 0.4) is 0 Å². The second kappa shape index (κ2) is 7.69. The van der Waals surface area contributed by atoms with Crippen molar-refractivity contribution in [2.75, 3.05) is 0 Å². The highest BCUT2D eigenvalue weighted by molar-refractivity contribution is 7.98. The Morgan fingerprint density at radius 3 is 2.57 bits per heavy atom. The van der Waals surface area contributed by atoms with Crippen LogP contribution in [-0.2, 0) is 18.8 Å².